The van der Waals surface area contributed by atoms with E-state index in [9.17, 15) is 13.6 Å². The molecule has 1 aromatic heterocycles. The summed E-state index contributed by atoms with van der Waals surface area (Å²) in [6, 6.07) is 8.29. The van der Waals surface area contributed by atoms with Crippen LogP contribution in [0.25, 0.3) is 16.9 Å². The molecule has 0 aliphatic rings. The largest absolute Gasteiger partial charge is 0.461 e. The standard InChI is InChI=1S/C18H11BrCl2F2N2O2/c1-2-27-17(26)15-16(9-6-7-12(22)11(21)8-9)25(18(19)24-15)13-5-3-4-10(20)14(13)23/h3-8H,2H2,1H3. The van der Waals surface area contributed by atoms with Crippen molar-refractivity contribution >= 4 is 45.1 Å². The van der Waals surface area contributed by atoms with Crippen LogP contribution in [-0.4, -0.2) is 22.1 Å². The lowest BCUT2D eigenvalue weighted by Gasteiger charge is -2.13. The highest BCUT2D eigenvalue weighted by atomic mass is 79.9. The number of hydrogen-bond acceptors (Lipinski definition) is 3. The summed E-state index contributed by atoms with van der Waals surface area (Å²) in [6.07, 6.45) is 0. The summed E-state index contributed by atoms with van der Waals surface area (Å²) in [5.41, 5.74) is 0.504. The molecule has 0 N–H and O–H groups in total. The van der Waals surface area contributed by atoms with Crippen molar-refractivity contribution in [1.29, 1.82) is 0 Å². The van der Waals surface area contributed by atoms with Crippen molar-refractivity contribution in [2.75, 3.05) is 6.61 Å². The molecule has 0 fully saturated rings. The fourth-order valence-electron chi connectivity index (χ4n) is 2.53. The smallest absolute Gasteiger partial charge is 0.359 e. The normalized spacial score (nSPS) is 10.9. The van der Waals surface area contributed by atoms with E-state index in [1.165, 1.54) is 28.8 Å². The Morgan fingerprint density at radius 1 is 1.22 bits per heavy atom. The second kappa shape index (κ2) is 7.96. The van der Waals surface area contributed by atoms with Crippen molar-refractivity contribution < 1.29 is 18.3 Å². The van der Waals surface area contributed by atoms with Gasteiger partial charge in [0.25, 0.3) is 0 Å². The van der Waals surface area contributed by atoms with E-state index in [4.69, 9.17) is 27.9 Å². The predicted octanol–water partition coefficient (Wildman–Crippen LogP) is 6.06. The topological polar surface area (TPSA) is 44.1 Å². The van der Waals surface area contributed by atoms with Crippen LogP contribution in [0.15, 0.2) is 41.1 Å². The van der Waals surface area contributed by atoms with Crippen molar-refractivity contribution in [3.8, 4) is 16.9 Å². The Bertz CT molecular complexity index is 1040. The van der Waals surface area contributed by atoms with Crippen LogP contribution in [0.4, 0.5) is 8.78 Å². The zero-order chi connectivity index (χ0) is 19.7. The summed E-state index contributed by atoms with van der Waals surface area (Å²) in [5, 5.41) is -0.258. The first kappa shape index (κ1) is 19.8. The number of halogens is 5. The van der Waals surface area contributed by atoms with Gasteiger partial charge in [-0.25, -0.2) is 18.6 Å². The van der Waals surface area contributed by atoms with Gasteiger partial charge in [0, 0.05) is 5.56 Å². The molecule has 0 spiro atoms. The second-order valence-corrected chi connectivity index (χ2v) is 6.86. The van der Waals surface area contributed by atoms with Crippen LogP contribution in [-0.2, 0) is 4.74 Å². The van der Waals surface area contributed by atoms with E-state index in [-0.39, 0.29) is 38.5 Å². The first-order valence-electron chi connectivity index (χ1n) is 7.70. The molecule has 140 valence electrons. The molecule has 3 rings (SSSR count). The van der Waals surface area contributed by atoms with E-state index >= 15 is 0 Å². The minimum Gasteiger partial charge on any atom is -0.461 e. The molecule has 0 bridgehead atoms. The highest BCUT2D eigenvalue weighted by molar-refractivity contribution is 9.10. The fourth-order valence-corrected chi connectivity index (χ4v) is 3.43. The SMILES string of the molecule is CCOC(=O)c1nc(Br)n(-c2cccc(Cl)c2F)c1-c1ccc(F)c(Cl)c1. The van der Waals surface area contributed by atoms with Gasteiger partial charge in [-0.2, -0.15) is 0 Å². The molecule has 0 saturated heterocycles. The molecule has 3 aromatic rings. The average Bonchev–Trinajstić information content (AvgIpc) is 2.97. The van der Waals surface area contributed by atoms with Gasteiger partial charge in [-0.3, -0.25) is 4.57 Å². The van der Waals surface area contributed by atoms with Crippen LogP contribution in [0.1, 0.15) is 17.4 Å². The molecule has 1 heterocycles. The Kier molecular flexibility index (Phi) is 5.83. The molecule has 4 nitrogen and oxygen atoms in total. The van der Waals surface area contributed by atoms with Crippen LogP contribution in [0.5, 0.6) is 0 Å². The fraction of sp³-hybridized carbons (Fsp3) is 0.111. The number of carbonyl (C=O) groups is 1. The van der Waals surface area contributed by atoms with Crippen LogP contribution in [0, 0.1) is 11.6 Å². The summed E-state index contributed by atoms with van der Waals surface area (Å²) in [6.45, 7) is 1.77. The van der Waals surface area contributed by atoms with Gasteiger partial charge in [-0.1, -0.05) is 29.3 Å². The molecule has 0 radical (unpaired) electrons. The van der Waals surface area contributed by atoms with Crippen molar-refractivity contribution in [3.63, 3.8) is 0 Å². The van der Waals surface area contributed by atoms with Gasteiger partial charge in [-0.05, 0) is 53.2 Å². The van der Waals surface area contributed by atoms with E-state index in [0.717, 1.165) is 6.07 Å². The number of hydrogen-bond donors (Lipinski definition) is 0. The number of nitrogens with zero attached hydrogens (tertiary/aromatic N) is 2. The number of ether oxygens (including phenoxy) is 1. The maximum absolute atomic E-state index is 14.7. The molecular weight excluding hydrogens is 465 g/mol. The first-order chi connectivity index (χ1) is 12.8. The monoisotopic (exact) mass is 474 g/mol. The molecule has 0 atom stereocenters. The Morgan fingerprint density at radius 3 is 2.63 bits per heavy atom. The summed E-state index contributed by atoms with van der Waals surface area (Å²) < 4.78 is 34.8. The molecular formula is C18H11BrCl2F2N2O2. The van der Waals surface area contributed by atoms with Gasteiger partial charge in [0.05, 0.1) is 28.0 Å². The van der Waals surface area contributed by atoms with E-state index < -0.39 is 17.6 Å². The van der Waals surface area contributed by atoms with Crippen LogP contribution in [0.2, 0.25) is 10.0 Å². The lowest BCUT2D eigenvalue weighted by molar-refractivity contribution is 0.0521. The Morgan fingerprint density at radius 2 is 1.96 bits per heavy atom. The third kappa shape index (κ3) is 3.72. The maximum Gasteiger partial charge on any atom is 0.359 e. The van der Waals surface area contributed by atoms with E-state index in [0.29, 0.717) is 5.56 Å². The third-order valence-electron chi connectivity index (χ3n) is 3.67. The minimum absolute atomic E-state index is 0.0490. The highest BCUT2D eigenvalue weighted by Gasteiger charge is 2.27. The van der Waals surface area contributed by atoms with Gasteiger partial charge < -0.3 is 4.74 Å². The van der Waals surface area contributed by atoms with Crippen molar-refractivity contribution in [2.45, 2.75) is 6.92 Å². The predicted molar refractivity (Wildman–Crippen MR) is 103 cm³/mol. The average molecular weight is 476 g/mol. The molecule has 9 heteroatoms. The number of esters is 1. The van der Waals surface area contributed by atoms with Gasteiger partial charge in [0.1, 0.15) is 5.82 Å². The van der Waals surface area contributed by atoms with Crippen LogP contribution in [0.3, 0.4) is 0 Å². The van der Waals surface area contributed by atoms with Gasteiger partial charge in [0.15, 0.2) is 16.2 Å². The number of benzene rings is 2. The van der Waals surface area contributed by atoms with Crippen LogP contribution >= 0.6 is 39.1 Å². The van der Waals surface area contributed by atoms with Crippen molar-refractivity contribution in [1.82, 2.24) is 9.55 Å². The first-order valence-corrected chi connectivity index (χ1v) is 9.25. The quantitative estimate of drug-likeness (QED) is 0.430. The molecule has 0 aliphatic carbocycles. The zero-order valence-electron chi connectivity index (χ0n) is 13.8. The minimum atomic E-state index is -0.713. The Labute approximate surface area is 171 Å². The molecule has 27 heavy (non-hydrogen) atoms. The van der Waals surface area contributed by atoms with Crippen molar-refractivity contribution in [2.24, 2.45) is 0 Å². The summed E-state index contributed by atoms with van der Waals surface area (Å²) >= 11 is 15.0. The van der Waals surface area contributed by atoms with Gasteiger partial charge in [0.2, 0.25) is 0 Å². The highest BCUT2D eigenvalue weighted by Crippen LogP contribution is 2.35. The van der Waals surface area contributed by atoms with Crippen molar-refractivity contribution in [3.05, 3.63) is 68.5 Å². The lowest BCUT2D eigenvalue weighted by Crippen LogP contribution is -2.08. The molecule has 0 amide bonds. The maximum atomic E-state index is 14.7. The molecule has 0 aliphatic heterocycles. The van der Waals surface area contributed by atoms with Gasteiger partial charge in [-0.15, -0.1) is 0 Å². The number of aromatic nitrogens is 2. The number of imidazole rings is 1. The molecule has 0 unspecified atom stereocenters. The Balaban J connectivity index is 2.35. The van der Waals surface area contributed by atoms with E-state index in [1.807, 2.05) is 0 Å². The second-order valence-electron chi connectivity index (χ2n) is 5.34. The van der Waals surface area contributed by atoms with E-state index in [1.54, 1.807) is 13.0 Å². The molecule has 2 aromatic carbocycles. The molecule has 0 saturated carbocycles. The van der Waals surface area contributed by atoms with Crippen LogP contribution < -0.4 is 0 Å². The lowest BCUT2D eigenvalue weighted by atomic mass is 10.1. The summed E-state index contributed by atoms with van der Waals surface area (Å²) in [7, 11) is 0. The number of rotatable bonds is 4. The summed E-state index contributed by atoms with van der Waals surface area (Å²) in [5.74, 6) is -2.05. The number of carbonyl (C=O) groups excluding carboxylic acids is 1. The third-order valence-corrected chi connectivity index (χ3v) is 4.78. The van der Waals surface area contributed by atoms with Gasteiger partial charge >= 0.3 is 5.97 Å². The van der Waals surface area contributed by atoms with E-state index in [2.05, 4.69) is 20.9 Å². The summed E-state index contributed by atoms with van der Waals surface area (Å²) in [4.78, 5) is 16.6. The Hall–Kier alpha value is -1.96. The zero-order valence-corrected chi connectivity index (χ0v) is 16.9.